The van der Waals surface area contributed by atoms with Crippen molar-refractivity contribution in [3.8, 4) is 0 Å². The van der Waals surface area contributed by atoms with Crippen molar-refractivity contribution in [2.75, 3.05) is 19.6 Å². The van der Waals surface area contributed by atoms with Crippen LogP contribution in [-0.4, -0.2) is 36.1 Å². The van der Waals surface area contributed by atoms with Crippen molar-refractivity contribution in [1.29, 1.82) is 0 Å². The number of thiophene rings is 1. The Balaban J connectivity index is 2.05. The van der Waals surface area contributed by atoms with Gasteiger partial charge >= 0.3 is 0 Å². The maximum absolute atomic E-state index is 3.79. The Hall–Kier alpha value is -0.380. The van der Waals surface area contributed by atoms with Gasteiger partial charge in [-0.2, -0.15) is 11.3 Å². The Morgan fingerprint density at radius 2 is 2.20 bits per heavy atom. The highest BCUT2D eigenvalue weighted by atomic mass is 32.1. The molecule has 1 aliphatic rings. The van der Waals surface area contributed by atoms with Crippen LogP contribution in [-0.2, 0) is 6.42 Å². The van der Waals surface area contributed by atoms with Crippen LogP contribution in [0.4, 0.5) is 0 Å². The molecule has 0 amide bonds. The van der Waals surface area contributed by atoms with Gasteiger partial charge in [0.05, 0.1) is 0 Å². The van der Waals surface area contributed by atoms with Crippen LogP contribution in [0, 0.1) is 5.41 Å². The van der Waals surface area contributed by atoms with Crippen molar-refractivity contribution in [2.45, 2.75) is 59.0 Å². The molecule has 2 rings (SSSR count). The summed E-state index contributed by atoms with van der Waals surface area (Å²) in [5.74, 6) is 0. The number of rotatable bonds is 4. The molecule has 2 nitrogen and oxygen atoms in total. The van der Waals surface area contributed by atoms with E-state index in [2.05, 4.69) is 61.7 Å². The summed E-state index contributed by atoms with van der Waals surface area (Å²) in [5.41, 5.74) is 2.09. The van der Waals surface area contributed by atoms with Gasteiger partial charge in [0.2, 0.25) is 0 Å². The molecule has 2 atom stereocenters. The Kier molecular flexibility index (Phi) is 4.93. The zero-order valence-electron chi connectivity index (χ0n) is 13.7. The molecule has 3 heteroatoms. The first kappa shape index (κ1) is 16.0. The van der Waals surface area contributed by atoms with E-state index in [1.807, 2.05) is 0 Å². The van der Waals surface area contributed by atoms with Gasteiger partial charge in [0, 0.05) is 31.2 Å². The number of nitrogens with one attached hydrogen (secondary N) is 1. The SMILES string of the molecule is CCC1(C)CN(CCc2ccsc2)C(C(C)(C)C)CN1. The summed E-state index contributed by atoms with van der Waals surface area (Å²) < 4.78 is 0. The largest absolute Gasteiger partial charge is 0.309 e. The van der Waals surface area contributed by atoms with Gasteiger partial charge in [0.25, 0.3) is 0 Å². The molecular weight excluding hydrogens is 264 g/mol. The average Bonchev–Trinajstić information content (AvgIpc) is 2.88. The third kappa shape index (κ3) is 3.84. The summed E-state index contributed by atoms with van der Waals surface area (Å²) >= 11 is 1.81. The Morgan fingerprint density at radius 3 is 2.75 bits per heavy atom. The van der Waals surface area contributed by atoms with E-state index in [1.165, 1.54) is 24.9 Å². The van der Waals surface area contributed by atoms with Crippen molar-refractivity contribution in [3.05, 3.63) is 22.4 Å². The maximum Gasteiger partial charge on any atom is 0.0278 e. The van der Waals surface area contributed by atoms with Gasteiger partial charge in [-0.25, -0.2) is 0 Å². The van der Waals surface area contributed by atoms with Crippen LogP contribution in [0.3, 0.4) is 0 Å². The Labute approximate surface area is 128 Å². The summed E-state index contributed by atoms with van der Waals surface area (Å²) in [7, 11) is 0. The molecule has 0 radical (unpaired) electrons. The lowest BCUT2D eigenvalue weighted by molar-refractivity contribution is 0.0273. The Bertz CT molecular complexity index is 407. The quantitative estimate of drug-likeness (QED) is 0.909. The fourth-order valence-electron chi connectivity index (χ4n) is 3.12. The molecule has 0 bridgehead atoms. The van der Waals surface area contributed by atoms with Gasteiger partial charge in [-0.1, -0.05) is 27.7 Å². The highest BCUT2D eigenvalue weighted by Crippen LogP contribution is 2.30. The first-order valence-electron chi connectivity index (χ1n) is 7.84. The summed E-state index contributed by atoms with van der Waals surface area (Å²) in [6.07, 6.45) is 2.37. The molecule has 1 saturated heterocycles. The maximum atomic E-state index is 3.79. The number of nitrogens with zero attached hydrogens (tertiary/aromatic N) is 1. The molecule has 0 spiro atoms. The van der Waals surface area contributed by atoms with E-state index in [4.69, 9.17) is 0 Å². The van der Waals surface area contributed by atoms with E-state index < -0.39 is 0 Å². The lowest BCUT2D eigenvalue weighted by Gasteiger charge is -2.50. The fourth-order valence-corrected chi connectivity index (χ4v) is 3.82. The van der Waals surface area contributed by atoms with E-state index in [-0.39, 0.29) is 5.54 Å². The van der Waals surface area contributed by atoms with Crippen LogP contribution in [0.1, 0.15) is 46.6 Å². The molecule has 0 aromatic carbocycles. The van der Waals surface area contributed by atoms with E-state index in [0.717, 1.165) is 13.1 Å². The van der Waals surface area contributed by atoms with Crippen LogP contribution < -0.4 is 5.32 Å². The molecule has 0 saturated carbocycles. The van der Waals surface area contributed by atoms with Gasteiger partial charge < -0.3 is 5.32 Å². The Morgan fingerprint density at radius 1 is 1.45 bits per heavy atom. The van der Waals surface area contributed by atoms with Crippen molar-refractivity contribution in [3.63, 3.8) is 0 Å². The van der Waals surface area contributed by atoms with E-state index in [9.17, 15) is 0 Å². The highest BCUT2D eigenvalue weighted by Gasteiger charge is 2.39. The fraction of sp³-hybridized carbons (Fsp3) is 0.765. The summed E-state index contributed by atoms with van der Waals surface area (Å²) in [6.45, 7) is 15.2. The van der Waals surface area contributed by atoms with Crippen molar-refractivity contribution in [1.82, 2.24) is 10.2 Å². The minimum atomic E-state index is 0.274. The third-order valence-corrected chi connectivity index (χ3v) is 5.49. The first-order chi connectivity index (χ1) is 9.34. The topological polar surface area (TPSA) is 15.3 Å². The van der Waals surface area contributed by atoms with E-state index in [1.54, 1.807) is 11.3 Å². The standard InChI is InChI=1S/C17H30N2S/c1-6-17(5)13-19(9-7-14-8-10-20-12-14)15(11-18-17)16(2,3)4/h8,10,12,15,18H,6-7,9,11,13H2,1-5H3. The van der Waals surface area contributed by atoms with Crippen molar-refractivity contribution < 1.29 is 0 Å². The number of hydrogen-bond donors (Lipinski definition) is 1. The van der Waals surface area contributed by atoms with E-state index >= 15 is 0 Å². The lowest BCUT2D eigenvalue weighted by Crippen LogP contribution is -2.65. The first-order valence-corrected chi connectivity index (χ1v) is 8.78. The van der Waals surface area contributed by atoms with Gasteiger partial charge in [0.15, 0.2) is 0 Å². The third-order valence-electron chi connectivity index (χ3n) is 4.76. The molecule has 1 N–H and O–H groups in total. The smallest absolute Gasteiger partial charge is 0.0278 e. The molecular formula is C17H30N2S. The summed E-state index contributed by atoms with van der Waals surface area (Å²) in [5, 5.41) is 8.26. The molecule has 2 heterocycles. The second-order valence-corrected chi connectivity index (χ2v) is 8.31. The zero-order chi connectivity index (χ0) is 14.8. The summed E-state index contributed by atoms with van der Waals surface area (Å²) in [6, 6.07) is 2.89. The highest BCUT2D eigenvalue weighted by molar-refractivity contribution is 7.07. The predicted octanol–water partition coefficient (Wildman–Crippen LogP) is 3.78. The lowest BCUT2D eigenvalue weighted by atomic mass is 9.81. The second kappa shape index (κ2) is 6.17. The molecule has 114 valence electrons. The van der Waals surface area contributed by atoms with Crippen LogP contribution in [0.15, 0.2) is 16.8 Å². The van der Waals surface area contributed by atoms with Gasteiger partial charge in [-0.05, 0) is 47.6 Å². The van der Waals surface area contributed by atoms with Crippen LogP contribution in [0.2, 0.25) is 0 Å². The summed E-state index contributed by atoms with van der Waals surface area (Å²) in [4.78, 5) is 2.72. The minimum Gasteiger partial charge on any atom is -0.309 e. The molecule has 20 heavy (non-hydrogen) atoms. The number of hydrogen-bond acceptors (Lipinski definition) is 3. The number of piperazine rings is 1. The second-order valence-electron chi connectivity index (χ2n) is 7.53. The normalized spacial score (nSPS) is 28.8. The van der Waals surface area contributed by atoms with Gasteiger partial charge in [-0.15, -0.1) is 0 Å². The molecule has 1 fully saturated rings. The molecule has 2 unspecified atom stereocenters. The van der Waals surface area contributed by atoms with Gasteiger partial charge in [-0.3, -0.25) is 4.90 Å². The van der Waals surface area contributed by atoms with Crippen molar-refractivity contribution in [2.24, 2.45) is 5.41 Å². The molecule has 1 aromatic heterocycles. The van der Waals surface area contributed by atoms with E-state index in [0.29, 0.717) is 11.5 Å². The minimum absolute atomic E-state index is 0.274. The van der Waals surface area contributed by atoms with Crippen molar-refractivity contribution >= 4 is 11.3 Å². The van der Waals surface area contributed by atoms with Crippen LogP contribution in [0.25, 0.3) is 0 Å². The van der Waals surface area contributed by atoms with Crippen LogP contribution in [0.5, 0.6) is 0 Å². The predicted molar refractivity (Wildman–Crippen MR) is 89.5 cm³/mol. The van der Waals surface area contributed by atoms with Crippen LogP contribution >= 0.6 is 11.3 Å². The molecule has 0 aliphatic carbocycles. The van der Waals surface area contributed by atoms with Gasteiger partial charge in [0.1, 0.15) is 0 Å². The monoisotopic (exact) mass is 294 g/mol. The molecule has 1 aromatic rings. The average molecular weight is 295 g/mol. The zero-order valence-corrected chi connectivity index (χ0v) is 14.5. The molecule has 1 aliphatic heterocycles.